The number of hydrogen-bond donors (Lipinski definition) is 1. The third-order valence-electron chi connectivity index (χ3n) is 3.69. The molecule has 1 aromatic rings. The van der Waals surface area contributed by atoms with Crippen LogP contribution in [0.15, 0.2) is 21.7 Å². The molecule has 0 unspecified atom stereocenters. The van der Waals surface area contributed by atoms with E-state index in [9.17, 15) is 13.2 Å². The third-order valence-corrected chi connectivity index (χ3v) is 6.87. The monoisotopic (exact) mass is 332 g/mol. The van der Waals surface area contributed by atoms with Crippen LogP contribution in [-0.4, -0.2) is 61.4 Å². The summed E-state index contributed by atoms with van der Waals surface area (Å²) in [4.78, 5) is 13.9. The van der Waals surface area contributed by atoms with Gasteiger partial charge in [-0.2, -0.15) is 4.31 Å². The van der Waals surface area contributed by atoms with Gasteiger partial charge in [-0.3, -0.25) is 4.79 Å². The molecule has 1 aliphatic carbocycles. The Labute approximate surface area is 129 Å². The Kier molecular flexibility index (Phi) is 5.37. The number of likely N-dealkylation sites (N-methyl/N-ethyl adjacent to an activating group) is 1. The molecule has 21 heavy (non-hydrogen) atoms. The average molecular weight is 332 g/mol. The van der Waals surface area contributed by atoms with Crippen molar-refractivity contribution < 1.29 is 18.3 Å². The molecule has 0 aromatic carbocycles. The van der Waals surface area contributed by atoms with E-state index in [1.165, 1.54) is 13.1 Å². The van der Waals surface area contributed by atoms with Crippen molar-refractivity contribution in [3.8, 4) is 0 Å². The van der Waals surface area contributed by atoms with Crippen LogP contribution in [0.25, 0.3) is 0 Å². The fourth-order valence-electron chi connectivity index (χ4n) is 2.25. The maximum Gasteiger partial charge on any atom is 0.252 e. The van der Waals surface area contributed by atoms with Gasteiger partial charge in [-0.05, 0) is 30.7 Å². The summed E-state index contributed by atoms with van der Waals surface area (Å²) >= 11 is 1.13. The molecule has 0 saturated heterocycles. The first kappa shape index (κ1) is 16.4. The average Bonchev–Trinajstić information content (AvgIpc) is 2.90. The molecule has 0 aliphatic heterocycles. The number of aliphatic hydroxyl groups is 1. The van der Waals surface area contributed by atoms with Crippen molar-refractivity contribution in [1.29, 1.82) is 0 Å². The first-order valence-corrected chi connectivity index (χ1v) is 9.19. The number of nitrogens with zero attached hydrogens (tertiary/aromatic N) is 2. The van der Waals surface area contributed by atoms with Gasteiger partial charge in [0.25, 0.3) is 10.0 Å². The number of carbonyl (C=O) groups excluding carboxylic acids is 1. The van der Waals surface area contributed by atoms with E-state index in [1.807, 2.05) is 0 Å². The van der Waals surface area contributed by atoms with Crippen molar-refractivity contribution in [2.45, 2.75) is 29.5 Å². The van der Waals surface area contributed by atoms with Crippen molar-refractivity contribution in [1.82, 2.24) is 9.21 Å². The SMILES string of the molecule is CN(CC(=O)N(CCO)C1CCC1)S(=O)(=O)c1cccs1. The topological polar surface area (TPSA) is 77.9 Å². The zero-order valence-electron chi connectivity index (χ0n) is 11.9. The molecule has 1 fully saturated rings. The van der Waals surface area contributed by atoms with Crippen molar-refractivity contribution in [3.05, 3.63) is 17.5 Å². The number of sulfonamides is 1. The maximum absolute atomic E-state index is 12.3. The van der Waals surface area contributed by atoms with Crippen molar-refractivity contribution in [2.75, 3.05) is 26.7 Å². The van der Waals surface area contributed by atoms with Crippen LogP contribution in [0.1, 0.15) is 19.3 Å². The van der Waals surface area contributed by atoms with Crippen LogP contribution in [0.5, 0.6) is 0 Å². The first-order chi connectivity index (χ1) is 9.96. The van der Waals surface area contributed by atoms with E-state index in [1.54, 1.807) is 16.3 Å². The molecule has 118 valence electrons. The van der Waals surface area contributed by atoms with E-state index >= 15 is 0 Å². The van der Waals surface area contributed by atoms with Crippen molar-refractivity contribution in [2.24, 2.45) is 0 Å². The molecule has 0 atom stereocenters. The number of rotatable bonds is 7. The van der Waals surface area contributed by atoms with Crippen LogP contribution in [0, 0.1) is 0 Å². The third kappa shape index (κ3) is 3.63. The van der Waals surface area contributed by atoms with Crippen LogP contribution in [0.4, 0.5) is 0 Å². The fraction of sp³-hybridized carbons (Fsp3) is 0.615. The standard InChI is InChI=1S/C13H20N2O4S2/c1-14(21(18,19)13-6-3-9-20-13)10-12(17)15(7-8-16)11-4-2-5-11/h3,6,9,11,16H,2,4-5,7-8,10H2,1H3. The minimum Gasteiger partial charge on any atom is -0.395 e. The number of thiophene rings is 1. The lowest BCUT2D eigenvalue weighted by Crippen LogP contribution is -2.49. The van der Waals surface area contributed by atoms with E-state index in [0.717, 1.165) is 34.9 Å². The molecule has 1 saturated carbocycles. The predicted molar refractivity (Wildman–Crippen MR) is 80.6 cm³/mol. The Hall–Kier alpha value is -0.960. The van der Waals surface area contributed by atoms with E-state index in [2.05, 4.69) is 0 Å². The molecule has 1 N–H and O–H groups in total. The van der Waals surface area contributed by atoms with Gasteiger partial charge in [-0.15, -0.1) is 11.3 Å². The number of carbonyl (C=O) groups is 1. The predicted octanol–water partition coefficient (Wildman–Crippen LogP) is 0.742. The Morgan fingerprint density at radius 2 is 2.19 bits per heavy atom. The molecule has 8 heteroatoms. The highest BCUT2D eigenvalue weighted by molar-refractivity contribution is 7.91. The molecule has 1 aromatic heterocycles. The molecule has 0 bridgehead atoms. The Balaban J connectivity index is 2.03. The molecule has 6 nitrogen and oxygen atoms in total. The Morgan fingerprint density at radius 1 is 1.48 bits per heavy atom. The second kappa shape index (κ2) is 6.87. The fourth-order valence-corrected chi connectivity index (χ4v) is 4.57. The quantitative estimate of drug-likeness (QED) is 0.799. The van der Waals surface area contributed by atoms with Gasteiger partial charge in [0.15, 0.2) is 0 Å². The molecular formula is C13H20N2O4S2. The summed E-state index contributed by atoms with van der Waals surface area (Å²) in [6.07, 6.45) is 2.92. The molecule has 1 heterocycles. The minimum atomic E-state index is -3.61. The highest BCUT2D eigenvalue weighted by atomic mass is 32.2. The number of amides is 1. The van der Waals surface area contributed by atoms with Crippen LogP contribution >= 0.6 is 11.3 Å². The molecule has 1 amide bonds. The second-order valence-corrected chi connectivity index (χ2v) is 8.31. The molecule has 0 spiro atoms. The lowest BCUT2D eigenvalue weighted by atomic mass is 9.91. The van der Waals surface area contributed by atoms with Gasteiger partial charge in [0.2, 0.25) is 5.91 Å². The number of hydrogen-bond acceptors (Lipinski definition) is 5. The summed E-state index contributed by atoms with van der Waals surface area (Å²) in [6, 6.07) is 3.33. The largest absolute Gasteiger partial charge is 0.395 e. The van der Waals surface area contributed by atoms with Gasteiger partial charge < -0.3 is 10.0 Å². The summed E-state index contributed by atoms with van der Waals surface area (Å²) in [6.45, 7) is -0.0449. The van der Waals surface area contributed by atoms with Gasteiger partial charge in [0, 0.05) is 19.6 Å². The summed E-state index contributed by atoms with van der Waals surface area (Å²) in [5, 5.41) is 10.8. The molecule has 2 rings (SSSR count). The molecular weight excluding hydrogens is 312 g/mol. The smallest absolute Gasteiger partial charge is 0.252 e. The second-order valence-electron chi connectivity index (χ2n) is 5.09. The van der Waals surface area contributed by atoms with E-state index in [0.29, 0.717) is 0 Å². The van der Waals surface area contributed by atoms with Gasteiger partial charge >= 0.3 is 0 Å². The zero-order valence-corrected chi connectivity index (χ0v) is 13.6. The maximum atomic E-state index is 12.3. The van der Waals surface area contributed by atoms with Crippen LogP contribution < -0.4 is 0 Å². The van der Waals surface area contributed by atoms with Crippen molar-refractivity contribution >= 4 is 27.3 Å². The van der Waals surface area contributed by atoms with E-state index < -0.39 is 10.0 Å². The lowest BCUT2D eigenvalue weighted by molar-refractivity contribution is -0.135. The molecule has 0 radical (unpaired) electrons. The Morgan fingerprint density at radius 3 is 2.67 bits per heavy atom. The lowest BCUT2D eigenvalue weighted by Gasteiger charge is -2.37. The van der Waals surface area contributed by atoms with Gasteiger partial charge in [-0.1, -0.05) is 6.07 Å². The van der Waals surface area contributed by atoms with Gasteiger partial charge in [0.05, 0.1) is 13.2 Å². The normalized spacial score (nSPS) is 16.0. The molecule has 1 aliphatic rings. The van der Waals surface area contributed by atoms with Crippen molar-refractivity contribution in [3.63, 3.8) is 0 Å². The number of aliphatic hydroxyl groups excluding tert-OH is 1. The summed E-state index contributed by atoms with van der Waals surface area (Å²) < 4.78 is 25.9. The van der Waals surface area contributed by atoms with Gasteiger partial charge in [0.1, 0.15) is 4.21 Å². The summed E-state index contributed by atoms with van der Waals surface area (Å²) in [5.74, 6) is -0.253. The van der Waals surface area contributed by atoms with E-state index in [-0.39, 0.29) is 35.9 Å². The minimum absolute atomic E-state index is 0.108. The first-order valence-electron chi connectivity index (χ1n) is 6.87. The van der Waals surface area contributed by atoms with Crippen LogP contribution in [-0.2, 0) is 14.8 Å². The summed E-state index contributed by atoms with van der Waals surface area (Å²) in [5.41, 5.74) is 0. The highest BCUT2D eigenvalue weighted by Gasteiger charge is 2.31. The van der Waals surface area contributed by atoms with Crippen LogP contribution in [0.3, 0.4) is 0 Å². The van der Waals surface area contributed by atoms with Crippen LogP contribution in [0.2, 0.25) is 0 Å². The Bertz CT molecular complexity index is 567. The summed E-state index contributed by atoms with van der Waals surface area (Å²) in [7, 11) is -2.20. The zero-order chi connectivity index (χ0) is 15.5. The highest BCUT2D eigenvalue weighted by Crippen LogP contribution is 2.25. The van der Waals surface area contributed by atoms with Gasteiger partial charge in [-0.25, -0.2) is 8.42 Å². The van der Waals surface area contributed by atoms with E-state index in [4.69, 9.17) is 5.11 Å².